The van der Waals surface area contributed by atoms with Crippen molar-refractivity contribution < 1.29 is 14.6 Å². The number of hydrogen-bond acceptors (Lipinski definition) is 9. The number of carbonyl (C=O) groups excluding carboxylic acids is 1. The fraction of sp³-hybridized carbons (Fsp3) is 0.500. The molecule has 13 heteroatoms. The van der Waals surface area contributed by atoms with Gasteiger partial charge in [0.25, 0.3) is 0 Å². The zero-order valence-corrected chi connectivity index (χ0v) is 27.4. The predicted octanol–water partition coefficient (Wildman–Crippen LogP) is 4.67. The predicted molar refractivity (Wildman–Crippen MR) is 177 cm³/mol. The van der Waals surface area contributed by atoms with Gasteiger partial charge in [0.05, 0.1) is 18.1 Å². The van der Waals surface area contributed by atoms with Crippen molar-refractivity contribution in [1.29, 1.82) is 0 Å². The van der Waals surface area contributed by atoms with Crippen LogP contribution in [0.1, 0.15) is 31.7 Å². The molecule has 45 heavy (non-hydrogen) atoms. The minimum atomic E-state index is -0.141. The molecule has 1 atom stereocenters. The van der Waals surface area contributed by atoms with Crippen molar-refractivity contribution in [3.63, 3.8) is 0 Å². The SMILES string of the molecule is CNC(=O)NCC1CCN(Cc2cc(Oc3cnc(N4CCN(C(C)CCO)CC4)nc3)nc(-c3cc(Cl)cc(Cl)c3)c2)CC1. The highest BCUT2D eigenvalue weighted by atomic mass is 35.5. The fourth-order valence-electron chi connectivity index (χ4n) is 5.86. The molecule has 2 aliphatic rings. The summed E-state index contributed by atoms with van der Waals surface area (Å²) in [5.41, 5.74) is 2.57. The quantitative estimate of drug-likeness (QED) is 0.270. The molecular formula is C32H42Cl2N8O3. The number of halogens is 2. The summed E-state index contributed by atoms with van der Waals surface area (Å²) in [6.45, 7) is 9.09. The largest absolute Gasteiger partial charge is 0.436 e. The van der Waals surface area contributed by atoms with Gasteiger partial charge in [-0.05, 0) is 75.0 Å². The molecule has 0 radical (unpaired) electrons. The van der Waals surface area contributed by atoms with Crippen LogP contribution < -0.4 is 20.3 Å². The van der Waals surface area contributed by atoms with Crippen molar-refractivity contribution in [3.8, 4) is 22.9 Å². The number of hydrogen-bond donors (Lipinski definition) is 3. The average Bonchev–Trinajstić information content (AvgIpc) is 3.04. The summed E-state index contributed by atoms with van der Waals surface area (Å²) in [5.74, 6) is 2.06. The van der Waals surface area contributed by atoms with Gasteiger partial charge in [-0.25, -0.2) is 19.7 Å². The van der Waals surface area contributed by atoms with Gasteiger partial charge in [-0.15, -0.1) is 0 Å². The van der Waals surface area contributed by atoms with Crippen LogP contribution >= 0.6 is 23.2 Å². The second-order valence-corrected chi connectivity index (χ2v) is 12.6. The van der Waals surface area contributed by atoms with E-state index in [1.165, 1.54) is 0 Å². The van der Waals surface area contributed by atoms with E-state index in [4.69, 9.17) is 32.9 Å². The molecule has 2 saturated heterocycles. The van der Waals surface area contributed by atoms with Crippen molar-refractivity contribution >= 4 is 35.2 Å². The number of urea groups is 1. The Morgan fingerprint density at radius 3 is 2.36 bits per heavy atom. The summed E-state index contributed by atoms with van der Waals surface area (Å²) in [5, 5.41) is 15.9. The molecule has 2 aliphatic heterocycles. The van der Waals surface area contributed by atoms with Crippen molar-refractivity contribution in [1.82, 2.24) is 35.4 Å². The molecule has 11 nitrogen and oxygen atoms in total. The Morgan fingerprint density at radius 2 is 1.71 bits per heavy atom. The van der Waals surface area contributed by atoms with Crippen LogP contribution in [0.2, 0.25) is 10.0 Å². The standard InChI is InChI=1S/C32H42Cl2N8O3/c1-22(5-12-43)41-8-10-42(11-9-41)31-36-19-28(20-37-31)45-30-14-24(13-29(39-30)25-15-26(33)17-27(34)16-25)21-40-6-3-23(4-7-40)18-38-32(44)35-2/h13-17,19-20,22-23,43H,3-12,18,21H2,1-2H3,(H2,35,38,44). The first-order valence-corrected chi connectivity index (χ1v) is 16.3. The summed E-state index contributed by atoms with van der Waals surface area (Å²) in [6.07, 6.45) is 6.17. The zero-order chi connectivity index (χ0) is 31.8. The highest BCUT2D eigenvalue weighted by Crippen LogP contribution is 2.31. The Balaban J connectivity index is 1.27. The van der Waals surface area contributed by atoms with Gasteiger partial charge in [0, 0.05) is 80.6 Å². The summed E-state index contributed by atoms with van der Waals surface area (Å²) < 4.78 is 6.21. The van der Waals surface area contributed by atoms with E-state index in [0.717, 1.165) is 76.2 Å². The van der Waals surface area contributed by atoms with Gasteiger partial charge in [0.2, 0.25) is 11.8 Å². The number of ether oxygens (including phenoxy) is 1. The minimum absolute atomic E-state index is 0.141. The smallest absolute Gasteiger partial charge is 0.314 e. The third-order valence-corrected chi connectivity index (χ3v) is 8.95. The zero-order valence-electron chi connectivity index (χ0n) is 25.9. The third-order valence-electron chi connectivity index (χ3n) is 8.52. The van der Waals surface area contributed by atoms with Crippen molar-refractivity contribution in [2.45, 2.75) is 38.8 Å². The van der Waals surface area contributed by atoms with Crippen LogP contribution in [0.5, 0.6) is 11.6 Å². The van der Waals surface area contributed by atoms with E-state index in [1.807, 2.05) is 18.2 Å². The van der Waals surface area contributed by atoms with Crippen LogP contribution in [0.15, 0.2) is 42.7 Å². The fourth-order valence-corrected chi connectivity index (χ4v) is 6.39. The first kappa shape index (κ1) is 33.2. The molecule has 1 aromatic carbocycles. The van der Waals surface area contributed by atoms with E-state index < -0.39 is 0 Å². The number of benzene rings is 1. The monoisotopic (exact) mass is 656 g/mol. The molecular weight excluding hydrogens is 615 g/mol. The maximum absolute atomic E-state index is 11.6. The number of rotatable bonds is 11. The molecule has 0 saturated carbocycles. The summed E-state index contributed by atoms with van der Waals surface area (Å²) >= 11 is 12.7. The number of anilines is 1. The third kappa shape index (κ3) is 9.40. The number of likely N-dealkylation sites (tertiary alicyclic amines) is 1. The van der Waals surface area contributed by atoms with Crippen molar-refractivity contribution in [2.24, 2.45) is 5.92 Å². The van der Waals surface area contributed by atoms with E-state index >= 15 is 0 Å². The van der Waals surface area contributed by atoms with Crippen LogP contribution in [0.25, 0.3) is 11.3 Å². The van der Waals surface area contributed by atoms with Gasteiger partial charge < -0.3 is 25.4 Å². The van der Waals surface area contributed by atoms with Crippen molar-refractivity contribution in [2.75, 3.05) is 64.4 Å². The second kappa shape index (κ2) is 15.9. The first-order chi connectivity index (χ1) is 21.8. The number of piperazine rings is 1. The Kier molecular flexibility index (Phi) is 11.7. The number of nitrogens with zero attached hydrogens (tertiary/aromatic N) is 6. The molecule has 4 heterocycles. The molecule has 0 aliphatic carbocycles. The van der Waals surface area contributed by atoms with E-state index in [2.05, 4.69) is 48.3 Å². The topological polar surface area (TPSA) is 119 Å². The number of aliphatic hydroxyl groups is 1. The van der Waals surface area contributed by atoms with Gasteiger partial charge in [0.1, 0.15) is 0 Å². The van der Waals surface area contributed by atoms with E-state index in [0.29, 0.717) is 51.8 Å². The Bertz CT molecular complexity index is 1390. The van der Waals surface area contributed by atoms with Gasteiger partial charge in [-0.3, -0.25) is 9.80 Å². The van der Waals surface area contributed by atoms with E-state index in [1.54, 1.807) is 25.5 Å². The Hall–Kier alpha value is -3.22. The Labute approximate surface area is 274 Å². The highest BCUT2D eigenvalue weighted by Gasteiger charge is 2.23. The highest BCUT2D eigenvalue weighted by molar-refractivity contribution is 6.35. The summed E-state index contributed by atoms with van der Waals surface area (Å²) in [6, 6.07) is 9.61. The number of carbonyl (C=O) groups is 1. The molecule has 3 aromatic rings. The molecule has 3 N–H and O–H groups in total. The maximum atomic E-state index is 11.6. The molecule has 2 aromatic heterocycles. The molecule has 242 valence electrons. The normalized spacial score (nSPS) is 17.2. The lowest BCUT2D eigenvalue weighted by Gasteiger charge is -2.37. The van der Waals surface area contributed by atoms with Gasteiger partial charge in [-0.1, -0.05) is 23.2 Å². The van der Waals surface area contributed by atoms with Crippen molar-refractivity contribution in [3.05, 3.63) is 58.3 Å². The minimum Gasteiger partial charge on any atom is -0.436 e. The molecule has 2 fully saturated rings. The molecule has 1 unspecified atom stereocenters. The molecule has 0 spiro atoms. The lowest BCUT2D eigenvalue weighted by molar-refractivity contribution is 0.159. The van der Waals surface area contributed by atoms with Gasteiger partial charge in [0.15, 0.2) is 5.75 Å². The number of aromatic nitrogens is 3. The Morgan fingerprint density at radius 1 is 1.02 bits per heavy atom. The molecule has 2 amide bonds. The van der Waals surface area contributed by atoms with Crippen LogP contribution in [-0.2, 0) is 6.54 Å². The number of amides is 2. The van der Waals surface area contributed by atoms with E-state index in [9.17, 15) is 9.90 Å². The van der Waals surface area contributed by atoms with Crippen LogP contribution in [0, 0.1) is 5.92 Å². The van der Waals surface area contributed by atoms with Crippen LogP contribution in [-0.4, -0.2) is 101 Å². The first-order valence-electron chi connectivity index (χ1n) is 15.5. The summed E-state index contributed by atoms with van der Waals surface area (Å²) in [4.78, 5) is 32.5. The maximum Gasteiger partial charge on any atom is 0.314 e. The number of nitrogens with one attached hydrogen (secondary N) is 2. The molecule has 0 bridgehead atoms. The van der Waals surface area contributed by atoms with Gasteiger partial charge in [-0.2, -0.15) is 0 Å². The summed E-state index contributed by atoms with van der Waals surface area (Å²) in [7, 11) is 1.63. The van der Waals surface area contributed by atoms with Crippen LogP contribution in [0.4, 0.5) is 10.7 Å². The number of piperidine rings is 1. The van der Waals surface area contributed by atoms with E-state index in [-0.39, 0.29) is 12.6 Å². The van der Waals surface area contributed by atoms with Gasteiger partial charge >= 0.3 is 6.03 Å². The number of pyridine rings is 1. The number of aliphatic hydroxyl groups excluding tert-OH is 1. The molecule has 5 rings (SSSR count). The lowest BCUT2D eigenvalue weighted by Crippen LogP contribution is -2.50. The second-order valence-electron chi connectivity index (χ2n) is 11.7. The van der Waals surface area contributed by atoms with Crippen LogP contribution in [0.3, 0.4) is 0 Å². The average molecular weight is 658 g/mol. The lowest BCUT2D eigenvalue weighted by atomic mass is 9.96.